The number of fused-ring (bicyclic) bond motifs is 1. The molecule has 0 radical (unpaired) electrons. The van der Waals surface area contributed by atoms with Crippen LogP contribution in [-0.4, -0.2) is 25.0 Å². The lowest BCUT2D eigenvalue weighted by atomic mass is 10.2. The number of rotatable bonds is 1. The summed E-state index contributed by atoms with van der Waals surface area (Å²) < 4.78 is 4.57. The van der Waals surface area contributed by atoms with E-state index in [9.17, 15) is 9.59 Å². The van der Waals surface area contributed by atoms with E-state index in [2.05, 4.69) is 15.4 Å². The molecule has 5 nitrogen and oxygen atoms in total. The van der Waals surface area contributed by atoms with Gasteiger partial charge in [0.2, 0.25) is 6.04 Å². The molecule has 0 saturated carbocycles. The van der Waals surface area contributed by atoms with Crippen molar-refractivity contribution in [3.05, 3.63) is 29.8 Å². The Morgan fingerprint density at radius 2 is 2.19 bits per heavy atom. The molecule has 84 valence electrons. The number of amides is 1. The van der Waals surface area contributed by atoms with Crippen LogP contribution in [-0.2, 0) is 20.9 Å². The highest BCUT2D eigenvalue weighted by Crippen LogP contribution is 2.18. The van der Waals surface area contributed by atoms with Crippen molar-refractivity contribution in [1.82, 2.24) is 5.32 Å². The van der Waals surface area contributed by atoms with Crippen molar-refractivity contribution in [2.24, 2.45) is 0 Å². The van der Waals surface area contributed by atoms with E-state index < -0.39 is 12.0 Å². The van der Waals surface area contributed by atoms with Crippen LogP contribution in [0.15, 0.2) is 24.3 Å². The zero-order valence-electron chi connectivity index (χ0n) is 8.82. The quantitative estimate of drug-likeness (QED) is 0.526. The van der Waals surface area contributed by atoms with Crippen molar-refractivity contribution in [3.63, 3.8) is 0 Å². The number of nitrogens with one attached hydrogen (secondary N) is 2. The Morgan fingerprint density at radius 1 is 1.44 bits per heavy atom. The molecule has 1 unspecified atom stereocenters. The molecule has 0 spiro atoms. The summed E-state index contributed by atoms with van der Waals surface area (Å²) >= 11 is 0. The average Bonchev–Trinajstić information content (AvgIpc) is 2.48. The summed E-state index contributed by atoms with van der Waals surface area (Å²) in [4.78, 5) is 23.0. The first-order chi connectivity index (χ1) is 7.72. The molecule has 5 heteroatoms. The number of methoxy groups -OCH3 is 1. The van der Waals surface area contributed by atoms with Gasteiger partial charge in [0.05, 0.1) is 7.11 Å². The van der Waals surface area contributed by atoms with Crippen LogP contribution in [0.1, 0.15) is 5.56 Å². The Hall–Kier alpha value is -2.04. The standard InChI is InChI=1S/C11H12N2O3/c1-16-11(15)9-10(14)12-6-7-4-2-3-5-8(7)13-9/h2-5,9,13H,6H2,1H3,(H,12,14). The molecular weight excluding hydrogens is 208 g/mol. The van der Waals surface area contributed by atoms with E-state index in [1.54, 1.807) is 0 Å². The minimum absolute atomic E-state index is 0.372. The molecule has 1 aliphatic heterocycles. The van der Waals surface area contributed by atoms with Gasteiger partial charge in [0.15, 0.2) is 0 Å². The number of hydrogen-bond donors (Lipinski definition) is 2. The van der Waals surface area contributed by atoms with E-state index in [-0.39, 0.29) is 5.91 Å². The van der Waals surface area contributed by atoms with Crippen LogP contribution in [0.2, 0.25) is 0 Å². The molecule has 2 rings (SSSR count). The van der Waals surface area contributed by atoms with Gasteiger partial charge in [-0.15, -0.1) is 0 Å². The van der Waals surface area contributed by atoms with Gasteiger partial charge in [-0.3, -0.25) is 4.79 Å². The molecule has 2 N–H and O–H groups in total. The molecule has 1 heterocycles. The van der Waals surface area contributed by atoms with Crippen LogP contribution < -0.4 is 10.6 Å². The summed E-state index contributed by atoms with van der Waals surface area (Å²) in [5.74, 6) is -0.961. The smallest absolute Gasteiger partial charge is 0.338 e. The predicted octanol–water partition coefficient (Wildman–Crippen LogP) is 0.270. The van der Waals surface area contributed by atoms with E-state index >= 15 is 0 Å². The van der Waals surface area contributed by atoms with Crippen LogP contribution in [0, 0.1) is 0 Å². The lowest BCUT2D eigenvalue weighted by molar-refractivity contribution is -0.145. The van der Waals surface area contributed by atoms with E-state index in [4.69, 9.17) is 0 Å². The van der Waals surface area contributed by atoms with Crippen LogP contribution in [0.4, 0.5) is 5.69 Å². The van der Waals surface area contributed by atoms with Crippen LogP contribution in [0.25, 0.3) is 0 Å². The number of ether oxygens (including phenoxy) is 1. The summed E-state index contributed by atoms with van der Waals surface area (Å²) in [5.41, 5.74) is 1.72. The number of anilines is 1. The molecule has 1 amide bonds. The molecule has 1 atom stereocenters. The average molecular weight is 220 g/mol. The second kappa shape index (κ2) is 4.22. The minimum Gasteiger partial charge on any atom is -0.467 e. The molecule has 0 fully saturated rings. The third-order valence-electron chi connectivity index (χ3n) is 2.47. The Balaban J connectivity index is 2.31. The molecule has 0 aromatic heterocycles. The van der Waals surface area contributed by atoms with Crippen molar-refractivity contribution in [1.29, 1.82) is 0 Å². The first kappa shape index (κ1) is 10.5. The Labute approximate surface area is 92.8 Å². The lowest BCUT2D eigenvalue weighted by Gasteiger charge is -2.13. The summed E-state index contributed by atoms with van der Waals surface area (Å²) in [6, 6.07) is 6.46. The maximum absolute atomic E-state index is 11.6. The lowest BCUT2D eigenvalue weighted by Crippen LogP contribution is -2.43. The van der Waals surface area contributed by atoms with Gasteiger partial charge in [-0.1, -0.05) is 18.2 Å². The molecule has 16 heavy (non-hydrogen) atoms. The molecule has 0 saturated heterocycles. The van der Waals surface area contributed by atoms with Crippen molar-refractivity contribution in [2.75, 3.05) is 12.4 Å². The third-order valence-corrected chi connectivity index (χ3v) is 2.47. The highest BCUT2D eigenvalue weighted by molar-refractivity contribution is 6.05. The maximum Gasteiger partial charge on any atom is 0.338 e. The van der Waals surface area contributed by atoms with Gasteiger partial charge in [-0.25, -0.2) is 4.79 Å². The van der Waals surface area contributed by atoms with Crippen molar-refractivity contribution >= 4 is 17.6 Å². The summed E-state index contributed by atoms with van der Waals surface area (Å²) in [6.07, 6.45) is 0. The van der Waals surface area contributed by atoms with Crippen LogP contribution in [0.5, 0.6) is 0 Å². The zero-order chi connectivity index (χ0) is 11.5. The van der Waals surface area contributed by atoms with Crippen molar-refractivity contribution in [2.45, 2.75) is 12.6 Å². The normalized spacial score (nSPS) is 18.8. The Morgan fingerprint density at radius 3 is 2.94 bits per heavy atom. The third kappa shape index (κ3) is 1.84. The number of carbonyl (C=O) groups excluding carboxylic acids is 2. The van der Waals surface area contributed by atoms with Crippen LogP contribution in [0.3, 0.4) is 0 Å². The van der Waals surface area contributed by atoms with Gasteiger partial charge in [0, 0.05) is 12.2 Å². The number of benzene rings is 1. The predicted molar refractivity (Wildman–Crippen MR) is 57.7 cm³/mol. The Kier molecular flexibility index (Phi) is 2.76. The van der Waals surface area contributed by atoms with Gasteiger partial charge in [-0.05, 0) is 11.6 Å². The van der Waals surface area contributed by atoms with Crippen molar-refractivity contribution in [3.8, 4) is 0 Å². The summed E-state index contributed by atoms with van der Waals surface area (Å²) in [6.45, 7) is 0.412. The number of carbonyl (C=O) groups is 2. The number of hydrogen-bond acceptors (Lipinski definition) is 4. The van der Waals surface area contributed by atoms with Gasteiger partial charge >= 0.3 is 5.97 Å². The summed E-state index contributed by atoms with van der Waals surface area (Å²) in [7, 11) is 1.26. The van der Waals surface area contributed by atoms with Crippen LogP contribution >= 0.6 is 0 Å². The van der Waals surface area contributed by atoms with E-state index in [1.807, 2.05) is 24.3 Å². The largest absolute Gasteiger partial charge is 0.467 e. The monoisotopic (exact) mass is 220 g/mol. The summed E-state index contributed by atoms with van der Waals surface area (Å²) in [5, 5.41) is 5.54. The molecule has 1 aromatic carbocycles. The van der Waals surface area contributed by atoms with Gasteiger partial charge < -0.3 is 15.4 Å². The second-order valence-corrected chi connectivity index (χ2v) is 3.48. The fourth-order valence-electron chi connectivity index (χ4n) is 1.60. The fraction of sp³-hybridized carbons (Fsp3) is 0.273. The highest BCUT2D eigenvalue weighted by Gasteiger charge is 2.30. The minimum atomic E-state index is -0.978. The van der Waals surface area contributed by atoms with Gasteiger partial charge in [-0.2, -0.15) is 0 Å². The molecule has 0 bridgehead atoms. The Bertz CT molecular complexity index is 431. The first-order valence-corrected chi connectivity index (χ1v) is 4.92. The number of esters is 1. The van der Waals surface area contributed by atoms with E-state index in [0.29, 0.717) is 6.54 Å². The number of para-hydroxylation sites is 1. The highest BCUT2D eigenvalue weighted by atomic mass is 16.5. The van der Waals surface area contributed by atoms with Crippen molar-refractivity contribution < 1.29 is 14.3 Å². The second-order valence-electron chi connectivity index (χ2n) is 3.48. The first-order valence-electron chi connectivity index (χ1n) is 4.92. The molecule has 1 aliphatic rings. The molecular formula is C11H12N2O3. The fourth-order valence-corrected chi connectivity index (χ4v) is 1.60. The van der Waals surface area contributed by atoms with E-state index in [1.165, 1.54) is 7.11 Å². The molecule has 1 aromatic rings. The SMILES string of the molecule is COC(=O)C1Nc2ccccc2CNC1=O. The zero-order valence-corrected chi connectivity index (χ0v) is 8.82. The maximum atomic E-state index is 11.6. The van der Waals surface area contributed by atoms with Gasteiger partial charge in [0.1, 0.15) is 0 Å². The molecule has 0 aliphatic carbocycles. The van der Waals surface area contributed by atoms with Gasteiger partial charge in [0.25, 0.3) is 5.91 Å². The topological polar surface area (TPSA) is 67.4 Å². The van der Waals surface area contributed by atoms with E-state index in [0.717, 1.165) is 11.3 Å².